The number of sulfonamides is 1. The van der Waals surface area contributed by atoms with Crippen molar-refractivity contribution in [2.75, 3.05) is 30.5 Å². The molecule has 0 amide bonds. The summed E-state index contributed by atoms with van der Waals surface area (Å²) in [5.41, 5.74) is 0.474. The fraction of sp³-hybridized carbons (Fsp3) is 0.280. The average Bonchev–Trinajstić information content (AvgIpc) is 3.33. The van der Waals surface area contributed by atoms with Gasteiger partial charge in [-0.15, -0.1) is 0 Å². The first-order chi connectivity index (χ1) is 18.3. The van der Waals surface area contributed by atoms with Gasteiger partial charge in [0.05, 0.1) is 16.8 Å². The highest BCUT2D eigenvalue weighted by molar-refractivity contribution is 7.93. The maximum Gasteiger partial charge on any atom is 0.289 e. The van der Waals surface area contributed by atoms with Crippen LogP contribution in [0.1, 0.15) is 12.8 Å². The van der Waals surface area contributed by atoms with Crippen LogP contribution in [0, 0.1) is 15.9 Å². The molecular weight excluding hydrogens is 515 g/mol. The molecule has 2 aromatic heterocycles. The summed E-state index contributed by atoms with van der Waals surface area (Å²) in [5, 5.41) is 16.0. The Morgan fingerprint density at radius 2 is 1.82 bits per heavy atom. The molecule has 38 heavy (non-hydrogen) atoms. The van der Waals surface area contributed by atoms with Crippen molar-refractivity contribution in [2.24, 2.45) is 0 Å². The number of piperidine rings is 1. The highest BCUT2D eigenvalue weighted by Crippen LogP contribution is 2.35. The summed E-state index contributed by atoms with van der Waals surface area (Å²) < 4.78 is 51.8. The molecule has 1 fully saturated rings. The Hall–Kier alpha value is -4.10. The highest BCUT2D eigenvalue weighted by atomic mass is 32.2. The summed E-state index contributed by atoms with van der Waals surface area (Å²) >= 11 is 0. The molecule has 4 aromatic rings. The van der Waals surface area contributed by atoms with Gasteiger partial charge in [0.25, 0.3) is 15.7 Å². The number of ether oxygens (including phenoxy) is 1. The zero-order valence-corrected chi connectivity index (χ0v) is 20.9. The van der Waals surface area contributed by atoms with Crippen LogP contribution in [0.2, 0.25) is 0 Å². The molecule has 3 aliphatic rings. The Morgan fingerprint density at radius 1 is 1.03 bits per heavy atom. The summed E-state index contributed by atoms with van der Waals surface area (Å²) in [4.78, 5) is 17.2. The van der Waals surface area contributed by atoms with Crippen molar-refractivity contribution in [1.82, 2.24) is 19.5 Å². The van der Waals surface area contributed by atoms with Crippen molar-refractivity contribution in [3.8, 4) is 17.0 Å². The van der Waals surface area contributed by atoms with E-state index in [-0.39, 0.29) is 23.9 Å². The zero-order chi connectivity index (χ0) is 26.4. The maximum atomic E-state index is 15.2. The van der Waals surface area contributed by atoms with Gasteiger partial charge in [0.15, 0.2) is 10.5 Å². The third-order valence-corrected chi connectivity index (χ3v) is 8.82. The normalized spacial score (nSPS) is 19.7. The number of rotatable bonds is 3. The lowest BCUT2D eigenvalue weighted by Gasteiger charge is -2.33. The number of benzene rings is 2. The number of hydrogen-bond acceptors (Lipinski definition) is 8. The van der Waals surface area contributed by atoms with Gasteiger partial charge in [-0.2, -0.15) is 10.1 Å². The molecule has 0 spiro atoms. The van der Waals surface area contributed by atoms with E-state index in [9.17, 15) is 18.5 Å². The summed E-state index contributed by atoms with van der Waals surface area (Å²) in [6.07, 6.45) is 4.52. The monoisotopic (exact) mass is 538 g/mol. The SMILES string of the molecule is O=[N+]([O-])c1ccccc1S(=O)(=O)N1CCN2CCC(CC2)Oc2ccn3ncc(c3n2)-c2cc1ccc2F. The van der Waals surface area contributed by atoms with Gasteiger partial charge in [-0.05, 0) is 37.1 Å². The summed E-state index contributed by atoms with van der Waals surface area (Å²) in [6, 6.07) is 10.9. The van der Waals surface area contributed by atoms with Gasteiger partial charge in [-0.1, -0.05) is 12.1 Å². The van der Waals surface area contributed by atoms with Crippen LogP contribution in [-0.2, 0) is 10.0 Å². The second kappa shape index (κ2) is 9.33. The fourth-order valence-corrected chi connectivity index (χ4v) is 6.58. The van der Waals surface area contributed by atoms with Crippen molar-refractivity contribution >= 4 is 27.0 Å². The van der Waals surface area contributed by atoms with Crippen LogP contribution >= 0.6 is 0 Å². The second-order valence-electron chi connectivity index (χ2n) is 9.22. The van der Waals surface area contributed by atoms with E-state index in [1.165, 1.54) is 47.1 Å². The predicted octanol–water partition coefficient (Wildman–Crippen LogP) is 3.50. The lowest BCUT2D eigenvalue weighted by Crippen LogP contribution is -2.43. The van der Waals surface area contributed by atoms with E-state index in [2.05, 4.69) is 15.0 Å². The molecule has 0 saturated carbocycles. The lowest BCUT2D eigenvalue weighted by molar-refractivity contribution is -0.387. The smallest absolute Gasteiger partial charge is 0.289 e. The predicted molar refractivity (Wildman–Crippen MR) is 136 cm³/mol. The molecule has 1 saturated heterocycles. The van der Waals surface area contributed by atoms with Crippen molar-refractivity contribution < 1.29 is 22.5 Å². The van der Waals surface area contributed by atoms with Crippen LogP contribution in [0.5, 0.6) is 5.88 Å². The molecule has 0 aliphatic carbocycles. The molecule has 5 heterocycles. The van der Waals surface area contributed by atoms with Crippen LogP contribution in [-0.4, -0.2) is 65.1 Å². The third kappa shape index (κ3) is 4.23. The minimum absolute atomic E-state index is 0.0143. The molecule has 0 radical (unpaired) electrons. The van der Waals surface area contributed by atoms with Gasteiger partial charge >= 0.3 is 0 Å². The first-order valence-corrected chi connectivity index (χ1v) is 13.5. The van der Waals surface area contributed by atoms with Crippen LogP contribution in [0.15, 0.2) is 65.8 Å². The van der Waals surface area contributed by atoms with Crippen LogP contribution < -0.4 is 9.04 Å². The standard InChI is InChI=1S/C25H23FN6O5S/c26-21-6-5-17-15-19(21)20-16-27-30-12-9-24(28-25(20)30)37-18-7-10-29(11-8-18)13-14-31(17)38(35,36)23-4-2-1-3-22(23)32(33)34/h1-6,9,12,15-16,18H,7-8,10-11,13-14H2. The van der Waals surface area contributed by atoms with E-state index in [4.69, 9.17) is 4.74 Å². The topological polar surface area (TPSA) is 123 Å². The van der Waals surface area contributed by atoms with Crippen LogP contribution in [0.3, 0.4) is 0 Å². The van der Waals surface area contributed by atoms with E-state index >= 15 is 4.39 Å². The van der Waals surface area contributed by atoms with Gasteiger partial charge < -0.3 is 9.64 Å². The molecule has 7 rings (SSSR count). The Kier molecular flexibility index (Phi) is 5.95. The van der Waals surface area contributed by atoms with Gasteiger partial charge in [-0.25, -0.2) is 17.3 Å². The molecule has 3 aliphatic heterocycles. The van der Waals surface area contributed by atoms with Crippen molar-refractivity contribution in [1.29, 1.82) is 0 Å². The zero-order valence-electron chi connectivity index (χ0n) is 20.1. The fourth-order valence-electron chi connectivity index (χ4n) is 4.97. The average molecular weight is 539 g/mol. The molecule has 196 valence electrons. The minimum Gasteiger partial charge on any atom is -0.474 e. The van der Waals surface area contributed by atoms with E-state index in [1.54, 1.807) is 12.3 Å². The Bertz CT molecular complexity index is 1650. The van der Waals surface area contributed by atoms with Gasteiger partial charge in [0.2, 0.25) is 5.88 Å². The van der Waals surface area contributed by atoms with Gasteiger partial charge in [0, 0.05) is 55.6 Å². The number of nitro benzene ring substituents is 1. The third-order valence-electron chi connectivity index (χ3n) is 6.94. The summed E-state index contributed by atoms with van der Waals surface area (Å²) in [6.45, 7) is 1.75. The number of hydrogen-bond donors (Lipinski definition) is 0. The molecule has 0 N–H and O–H groups in total. The van der Waals surface area contributed by atoms with Gasteiger partial charge in [0.1, 0.15) is 11.9 Å². The highest BCUT2D eigenvalue weighted by Gasteiger charge is 2.33. The number of anilines is 1. The lowest BCUT2D eigenvalue weighted by atomic mass is 10.1. The number of aromatic nitrogens is 3. The molecule has 0 atom stereocenters. The van der Waals surface area contributed by atoms with E-state index < -0.39 is 31.3 Å². The van der Waals surface area contributed by atoms with Crippen molar-refractivity contribution in [3.05, 3.63) is 76.9 Å². The molecule has 11 nitrogen and oxygen atoms in total. The molecule has 6 bridgehead atoms. The van der Waals surface area contributed by atoms with Crippen molar-refractivity contribution in [2.45, 2.75) is 23.8 Å². The molecular formula is C25H23FN6O5S. The molecule has 2 aromatic carbocycles. The Balaban J connectivity index is 1.54. The molecule has 0 unspecified atom stereocenters. The largest absolute Gasteiger partial charge is 0.474 e. The van der Waals surface area contributed by atoms with E-state index in [1.807, 2.05) is 0 Å². The second-order valence-corrected chi connectivity index (χ2v) is 11.0. The summed E-state index contributed by atoms with van der Waals surface area (Å²) in [5.74, 6) is -0.183. The van der Waals surface area contributed by atoms with Crippen molar-refractivity contribution in [3.63, 3.8) is 0 Å². The Morgan fingerprint density at radius 3 is 2.61 bits per heavy atom. The van der Waals surface area contributed by atoms with E-state index in [0.29, 0.717) is 36.7 Å². The van der Waals surface area contributed by atoms with Gasteiger partial charge in [-0.3, -0.25) is 14.4 Å². The number of halogens is 1. The van der Waals surface area contributed by atoms with Crippen LogP contribution in [0.25, 0.3) is 16.8 Å². The number of nitro groups is 1. The summed E-state index contributed by atoms with van der Waals surface area (Å²) in [7, 11) is -4.39. The minimum atomic E-state index is -4.39. The maximum absolute atomic E-state index is 15.2. The first kappa shape index (κ1) is 24.2. The van der Waals surface area contributed by atoms with E-state index in [0.717, 1.165) is 23.2 Å². The van der Waals surface area contributed by atoms with Crippen LogP contribution in [0.4, 0.5) is 15.8 Å². The number of nitrogens with zero attached hydrogens (tertiary/aromatic N) is 6. The molecule has 13 heteroatoms. The quantitative estimate of drug-likeness (QED) is 0.287. The first-order valence-electron chi connectivity index (χ1n) is 12.1. The Labute approximate surface area is 217 Å². The number of para-hydroxylation sites is 1. The number of fused-ring (bicyclic) bond motifs is 4.